The maximum Gasteiger partial charge on any atom is 0.145 e. The van der Waals surface area contributed by atoms with E-state index < -0.39 is 6.23 Å². The van der Waals surface area contributed by atoms with Gasteiger partial charge in [-0.15, -0.1) is 0 Å². The van der Waals surface area contributed by atoms with E-state index in [4.69, 9.17) is 5.11 Å². The van der Waals surface area contributed by atoms with Crippen LogP contribution in [0.25, 0.3) is 0 Å². The molecule has 0 saturated heterocycles. The molecule has 40 valence electrons. The van der Waals surface area contributed by atoms with E-state index in [1.54, 1.807) is 0 Å². The third kappa shape index (κ3) is 0.899. The highest BCUT2D eigenvalue weighted by molar-refractivity contribution is 5.83. The molecule has 3 heteroatoms. The number of aliphatic hydroxyl groups is 1. The minimum atomic E-state index is -0.431. The van der Waals surface area contributed by atoms with Gasteiger partial charge in [0, 0.05) is 12.1 Å². The molecule has 1 rings (SSSR count). The predicted molar refractivity (Wildman–Crippen MR) is 26.9 cm³/mol. The van der Waals surface area contributed by atoms with Crippen molar-refractivity contribution < 1.29 is 5.11 Å². The Morgan fingerprint density at radius 1 is 2.00 bits per heavy atom. The summed E-state index contributed by atoms with van der Waals surface area (Å²) in [6.45, 7) is 1.88. The van der Waals surface area contributed by atoms with Crippen molar-refractivity contribution in [3.8, 4) is 0 Å². The van der Waals surface area contributed by atoms with Crippen molar-refractivity contribution in [3.05, 3.63) is 0 Å². The van der Waals surface area contributed by atoms with Crippen molar-refractivity contribution in [3.63, 3.8) is 0 Å². The van der Waals surface area contributed by atoms with E-state index in [9.17, 15) is 0 Å². The summed E-state index contributed by atoms with van der Waals surface area (Å²) in [5, 5.41) is 12.4. The summed E-state index contributed by atoms with van der Waals surface area (Å²) >= 11 is 0. The van der Waals surface area contributed by atoms with Crippen LogP contribution in [0.15, 0.2) is 5.10 Å². The molecule has 0 saturated carbocycles. The molecule has 7 heavy (non-hydrogen) atoms. The van der Waals surface area contributed by atoms with Crippen molar-refractivity contribution in [2.75, 3.05) is 0 Å². The van der Waals surface area contributed by atoms with Gasteiger partial charge in [-0.1, -0.05) is 0 Å². The van der Waals surface area contributed by atoms with E-state index in [-0.39, 0.29) is 0 Å². The van der Waals surface area contributed by atoms with Gasteiger partial charge in [-0.2, -0.15) is 5.10 Å². The molecule has 1 aliphatic rings. The molecule has 0 aromatic carbocycles. The van der Waals surface area contributed by atoms with Crippen molar-refractivity contribution in [2.45, 2.75) is 19.6 Å². The normalized spacial score (nSPS) is 29.4. The first-order chi connectivity index (χ1) is 3.29. The van der Waals surface area contributed by atoms with Gasteiger partial charge < -0.3 is 5.11 Å². The molecule has 0 amide bonds. The van der Waals surface area contributed by atoms with Crippen molar-refractivity contribution in [1.29, 1.82) is 0 Å². The van der Waals surface area contributed by atoms with Crippen LogP contribution in [0.4, 0.5) is 0 Å². The number of nitrogens with zero attached hydrogens (tertiary/aromatic N) is 1. The van der Waals surface area contributed by atoms with E-state index >= 15 is 0 Å². The molecule has 0 fully saturated rings. The van der Waals surface area contributed by atoms with E-state index in [2.05, 4.69) is 10.5 Å². The molecule has 0 aromatic rings. The fourth-order valence-corrected chi connectivity index (χ4v) is 0.556. The molecule has 0 aliphatic carbocycles. The molecule has 1 aliphatic heterocycles. The molecular weight excluding hydrogens is 92.1 g/mol. The van der Waals surface area contributed by atoms with Crippen LogP contribution in [0.3, 0.4) is 0 Å². The second-order valence-corrected chi connectivity index (χ2v) is 1.70. The summed E-state index contributed by atoms with van der Waals surface area (Å²) in [6, 6.07) is 0. The first kappa shape index (κ1) is 4.59. The first-order valence-corrected chi connectivity index (χ1v) is 2.26. The smallest absolute Gasteiger partial charge is 0.145 e. The molecule has 0 radical (unpaired) electrons. The van der Waals surface area contributed by atoms with Gasteiger partial charge in [-0.3, -0.25) is 5.43 Å². The maximum absolute atomic E-state index is 8.67. The standard InChI is InChI=1S/C4H8N2O/c1-3-2-4(7)6-5-3/h4,6-7H,2H2,1H3. The average molecular weight is 100 g/mol. The Bertz CT molecular complexity index is 99.9. The quantitative estimate of drug-likeness (QED) is 0.438. The van der Waals surface area contributed by atoms with Crippen LogP contribution in [-0.4, -0.2) is 17.0 Å². The molecule has 3 nitrogen and oxygen atoms in total. The first-order valence-electron chi connectivity index (χ1n) is 2.26. The summed E-state index contributed by atoms with van der Waals surface area (Å²) < 4.78 is 0. The Labute approximate surface area is 42.0 Å². The second kappa shape index (κ2) is 1.50. The zero-order valence-corrected chi connectivity index (χ0v) is 4.18. The Morgan fingerprint density at radius 3 is 2.86 bits per heavy atom. The van der Waals surface area contributed by atoms with Crippen LogP contribution < -0.4 is 5.43 Å². The van der Waals surface area contributed by atoms with Gasteiger partial charge in [0.25, 0.3) is 0 Å². The highest BCUT2D eigenvalue weighted by Crippen LogP contribution is 1.96. The van der Waals surface area contributed by atoms with Crippen molar-refractivity contribution >= 4 is 5.71 Å². The summed E-state index contributed by atoms with van der Waals surface area (Å²) in [7, 11) is 0. The van der Waals surface area contributed by atoms with Gasteiger partial charge in [0.05, 0.1) is 0 Å². The summed E-state index contributed by atoms with van der Waals surface area (Å²) in [5.41, 5.74) is 3.48. The monoisotopic (exact) mass is 100 g/mol. The number of hydrazone groups is 1. The van der Waals surface area contributed by atoms with Crippen LogP contribution in [0.1, 0.15) is 13.3 Å². The van der Waals surface area contributed by atoms with Crippen molar-refractivity contribution in [2.24, 2.45) is 5.10 Å². The third-order valence-electron chi connectivity index (χ3n) is 0.893. The van der Waals surface area contributed by atoms with E-state index in [0.29, 0.717) is 6.42 Å². The summed E-state index contributed by atoms with van der Waals surface area (Å²) in [6.07, 6.45) is 0.236. The largest absolute Gasteiger partial charge is 0.372 e. The lowest BCUT2D eigenvalue weighted by atomic mass is 10.3. The number of hydrogen-bond acceptors (Lipinski definition) is 3. The molecule has 0 bridgehead atoms. The molecule has 0 spiro atoms. The van der Waals surface area contributed by atoms with E-state index in [1.807, 2.05) is 6.92 Å². The predicted octanol–water partition coefficient (Wildman–Crippen LogP) is -0.326. The van der Waals surface area contributed by atoms with Crippen LogP contribution in [0.5, 0.6) is 0 Å². The van der Waals surface area contributed by atoms with Gasteiger partial charge in [0.1, 0.15) is 6.23 Å². The zero-order valence-electron chi connectivity index (χ0n) is 4.18. The van der Waals surface area contributed by atoms with Gasteiger partial charge in [-0.05, 0) is 6.92 Å². The summed E-state index contributed by atoms with van der Waals surface area (Å²) in [5.74, 6) is 0. The third-order valence-corrected chi connectivity index (χ3v) is 0.893. The SMILES string of the molecule is CC1=NNC(O)C1. The number of aliphatic hydroxyl groups excluding tert-OH is 1. The molecule has 1 unspecified atom stereocenters. The van der Waals surface area contributed by atoms with Gasteiger partial charge in [0.2, 0.25) is 0 Å². The van der Waals surface area contributed by atoms with Crippen LogP contribution in [0.2, 0.25) is 0 Å². The second-order valence-electron chi connectivity index (χ2n) is 1.70. The lowest BCUT2D eigenvalue weighted by molar-refractivity contribution is 0.158. The Hall–Kier alpha value is -0.570. The lowest BCUT2D eigenvalue weighted by Gasteiger charge is -1.94. The molecule has 0 aromatic heterocycles. The number of hydrogen-bond donors (Lipinski definition) is 2. The molecular formula is C4H8N2O. The molecule has 1 heterocycles. The Balaban J connectivity index is 2.42. The zero-order chi connectivity index (χ0) is 5.28. The molecule has 2 N–H and O–H groups in total. The van der Waals surface area contributed by atoms with Crippen LogP contribution in [-0.2, 0) is 0 Å². The van der Waals surface area contributed by atoms with Crippen molar-refractivity contribution in [1.82, 2.24) is 5.43 Å². The minimum absolute atomic E-state index is 0.431. The summed E-state index contributed by atoms with van der Waals surface area (Å²) in [4.78, 5) is 0. The average Bonchev–Trinajstić information content (AvgIpc) is 1.87. The highest BCUT2D eigenvalue weighted by Gasteiger charge is 2.09. The number of nitrogens with one attached hydrogen (secondary N) is 1. The van der Waals surface area contributed by atoms with Crippen LogP contribution >= 0.6 is 0 Å². The molecule has 1 atom stereocenters. The highest BCUT2D eigenvalue weighted by atomic mass is 16.3. The van der Waals surface area contributed by atoms with E-state index in [0.717, 1.165) is 5.71 Å². The number of rotatable bonds is 0. The minimum Gasteiger partial charge on any atom is -0.372 e. The van der Waals surface area contributed by atoms with Crippen LogP contribution in [0, 0.1) is 0 Å². The van der Waals surface area contributed by atoms with Gasteiger partial charge >= 0.3 is 0 Å². The lowest BCUT2D eigenvalue weighted by Crippen LogP contribution is -2.17. The Morgan fingerprint density at radius 2 is 2.71 bits per heavy atom. The topological polar surface area (TPSA) is 44.6 Å². The fourth-order valence-electron chi connectivity index (χ4n) is 0.556. The maximum atomic E-state index is 8.67. The Kier molecular flexibility index (Phi) is 0.982. The van der Waals surface area contributed by atoms with Gasteiger partial charge in [-0.25, -0.2) is 0 Å². The fraction of sp³-hybridized carbons (Fsp3) is 0.750. The van der Waals surface area contributed by atoms with Gasteiger partial charge in [0.15, 0.2) is 0 Å². The van der Waals surface area contributed by atoms with E-state index in [1.165, 1.54) is 0 Å².